The molecule has 1 N–H and O–H groups in total. The Bertz CT molecular complexity index is 405. The number of fused-ring (bicyclic) bond motifs is 1. The topological polar surface area (TPSA) is 15.3 Å². The Morgan fingerprint density at radius 1 is 1.42 bits per heavy atom. The van der Waals surface area contributed by atoms with Crippen LogP contribution in [0.1, 0.15) is 41.5 Å². The molecule has 2 unspecified atom stereocenters. The smallest absolute Gasteiger partial charge is 0.0302 e. The first-order chi connectivity index (χ1) is 9.22. The standard InChI is InChI=1S/C16H26N2S/c1-12(14-6-4-8-18(2)11-14)17-10-15-9-13-5-3-7-16(13)19-15/h9,12,14,17H,3-8,10-11H2,1-2H3. The summed E-state index contributed by atoms with van der Waals surface area (Å²) in [6, 6.07) is 3.08. The van der Waals surface area contributed by atoms with Gasteiger partial charge in [-0.3, -0.25) is 0 Å². The molecular weight excluding hydrogens is 252 g/mol. The monoisotopic (exact) mass is 278 g/mol. The quantitative estimate of drug-likeness (QED) is 0.910. The SMILES string of the molecule is CC(NCc1cc2c(s1)CCC2)C1CCCN(C)C1. The number of hydrogen-bond acceptors (Lipinski definition) is 3. The molecule has 3 heteroatoms. The van der Waals surface area contributed by atoms with Crippen LogP contribution in [0.4, 0.5) is 0 Å². The van der Waals surface area contributed by atoms with Gasteiger partial charge in [0, 0.05) is 28.9 Å². The fraction of sp³-hybridized carbons (Fsp3) is 0.750. The van der Waals surface area contributed by atoms with Crippen molar-refractivity contribution in [2.75, 3.05) is 20.1 Å². The molecule has 1 aliphatic carbocycles. The second-order valence-electron chi connectivity index (χ2n) is 6.35. The Morgan fingerprint density at radius 3 is 3.11 bits per heavy atom. The first-order valence-electron chi connectivity index (χ1n) is 7.75. The molecule has 0 bridgehead atoms. The average Bonchev–Trinajstić information content (AvgIpc) is 2.96. The predicted octanol–water partition coefficient (Wildman–Crippen LogP) is 3.06. The minimum Gasteiger partial charge on any atom is -0.309 e. The van der Waals surface area contributed by atoms with Crippen LogP contribution in [0.5, 0.6) is 0 Å². The largest absolute Gasteiger partial charge is 0.309 e. The molecule has 1 aromatic heterocycles. The van der Waals surface area contributed by atoms with E-state index in [0.717, 1.165) is 12.5 Å². The Labute approximate surface area is 121 Å². The minimum absolute atomic E-state index is 0.639. The molecule has 0 amide bonds. The van der Waals surface area contributed by atoms with Crippen LogP contribution in [0.15, 0.2) is 6.07 Å². The Hall–Kier alpha value is -0.380. The third kappa shape index (κ3) is 3.21. The lowest BCUT2D eigenvalue weighted by molar-refractivity contribution is 0.178. The Kier molecular flexibility index (Phi) is 4.25. The van der Waals surface area contributed by atoms with E-state index in [4.69, 9.17) is 0 Å². The van der Waals surface area contributed by atoms with Gasteiger partial charge in [-0.05, 0) is 70.2 Å². The van der Waals surface area contributed by atoms with Gasteiger partial charge in [-0.1, -0.05) is 0 Å². The number of rotatable bonds is 4. The van der Waals surface area contributed by atoms with E-state index in [1.807, 2.05) is 11.3 Å². The molecule has 0 saturated carbocycles. The molecule has 2 atom stereocenters. The first kappa shape index (κ1) is 13.6. The molecule has 1 fully saturated rings. The van der Waals surface area contributed by atoms with Crippen LogP contribution in [0.3, 0.4) is 0 Å². The van der Waals surface area contributed by atoms with Gasteiger partial charge in [0.2, 0.25) is 0 Å². The second-order valence-corrected chi connectivity index (χ2v) is 7.57. The van der Waals surface area contributed by atoms with Crippen molar-refractivity contribution in [1.82, 2.24) is 10.2 Å². The predicted molar refractivity (Wildman–Crippen MR) is 82.9 cm³/mol. The van der Waals surface area contributed by atoms with Gasteiger partial charge in [0.25, 0.3) is 0 Å². The highest BCUT2D eigenvalue weighted by atomic mass is 32.1. The van der Waals surface area contributed by atoms with Gasteiger partial charge >= 0.3 is 0 Å². The van der Waals surface area contributed by atoms with Crippen molar-refractivity contribution in [3.8, 4) is 0 Å². The molecule has 106 valence electrons. The maximum atomic E-state index is 3.76. The maximum absolute atomic E-state index is 3.76. The molecule has 1 saturated heterocycles. The Morgan fingerprint density at radius 2 is 2.32 bits per heavy atom. The molecule has 2 heterocycles. The molecule has 2 aliphatic rings. The van der Waals surface area contributed by atoms with E-state index in [-0.39, 0.29) is 0 Å². The van der Waals surface area contributed by atoms with Crippen LogP contribution in [0.2, 0.25) is 0 Å². The summed E-state index contributed by atoms with van der Waals surface area (Å²) in [4.78, 5) is 5.68. The number of likely N-dealkylation sites (tertiary alicyclic amines) is 1. The number of nitrogens with one attached hydrogen (secondary N) is 1. The van der Waals surface area contributed by atoms with E-state index in [9.17, 15) is 0 Å². The lowest BCUT2D eigenvalue weighted by atomic mass is 9.92. The lowest BCUT2D eigenvalue weighted by Crippen LogP contribution is -2.42. The zero-order valence-electron chi connectivity index (χ0n) is 12.2. The van der Waals surface area contributed by atoms with Gasteiger partial charge in [0.05, 0.1) is 0 Å². The number of thiophene rings is 1. The van der Waals surface area contributed by atoms with E-state index in [0.29, 0.717) is 6.04 Å². The van der Waals surface area contributed by atoms with Crippen molar-refractivity contribution < 1.29 is 0 Å². The second kappa shape index (κ2) is 5.94. The number of nitrogens with zero attached hydrogens (tertiary/aromatic N) is 1. The van der Waals surface area contributed by atoms with Crippen LogP contribution >= 0.6 is 11.3 Å². The van der Waals surface area contributed by atoms with Crippen LogP contribution in [-0.4, -0.2) is 31.1 Å². The molecule has 2 nitrogen and oxygen atoms in total. The van der Waals surface area contributed by atoms with E-state index in [1.165, 1.54) is 45.2 Å². The van der Waals surface area contributed by atoms with Crippen LogP contribution in [-0.2, 0) is 19.4 Å². The van der Waals surface area contributed by atoms with Gasteiger partial charge in [-0.15, -0.1) is 11.3 Å². The summed E-state index contributed by atoms with van der Waals surface area (Å²) in [5.74, 6) is 0.825. The van der Waals surface area contributed by atoms with Crippen LogP contribution in [0, 0.1) is 5.92 Å². The highest BCUT2D eigenvalue weighted by Crippen LogP contribution is 2.30. The Balaban J connectivity index is 1.50. The zero-order valence-corrected chi connectivity index (χ0v) is 13.1. The molecule has 0 aromatic carbocycles. The van der Waals surface area contributed by atoms with Crippen molar-refractivity contribution in [3.63, 3.8) is 0 Å². The van der Waals surface area contributed by atoms with E-state index in [2.05, 4.69) is 30.3 Å². The van der Waals surface area contributed by atoms with Gasteiger partial charge in [0.1, 0.15) is 0 Å². The zero-order chi connectivity index (χ0) is 13.2. The van der Waals surface area contributed by atoms with Gasteiger partial charge < -0.3 is 10.2 Å². The molecule has 0 radical (unpaired) electrons. The number of piperidine rings is 1. The number of hydrogen-bond donors (Lipinski definition) is 1. The van der Waals surface area contributed by atoms with E-state index in [1.54, 1.807) is 15.3 Å². The van der Waals surface area contributed by atoms with Gasteiger partial charge in [-0.2, -0.15) is 0 Å². The third-order valence-corrected chi connectivity index (χ3v) is 6.00. The fourth-order valence-corrected chi connectivity index (χ4v) is 4.73. The summed E-state index contributed by atoms with van der Waals surface area (Å²) >= 11 is 2.04. The average molecular weight is 278 g/mol. The highest BCUT2D eigenvalue weighted by Gasteiger charge is 2.22. The van der Waals surface area contributed by atoms with Gasteiger partial charge in [0.15, 0.2) is 0 Å². The van der Waals surface area contributed by atoms with E-state index < -0.39 is 0 Å². The van der Waals surface area contributed by atoms with Crippen molar-refractivity contribution in [1.29, 1.82) is 0 Å². The highest BCUT2D eigenvalue weighted by molar-refractivity contribution is 7.12. The normalized spacial score (nSPS) is 25.5. The van der Waals surface area contributed by atoms with Crippen molar-refractivity contribution in [2.45, 2.75) is 51.6 Å². The fourth-order valence-electron chi connectivity index (χ4n) is 3.52. The van der Waals surface area contributed by atoms with Crippen molar-refractivity contribution >= 4 is 11.3 Å². The molecule has 1 aromatic rings. The van der Waals surface area contributed by atoms with Crippen LogP contribution < -0.4 is 5.32 Å². The molecule has 1 aliphatic heterocycles. The minimum atomic E-state index is 0.639. The first-order valence-corrected chi connectivity index (χ1v) is 8.56. The summed E-state index contributed by atoms with van der Waals surface area (Å²) in [5, 5.41) is 3.76. The molecule has 0 spiro atoms. The molecule has 3 rings (SSSR count). The molecular formula is C16H26N2S. The van der Waals surface area contributed by atoms with Crippen molar-refractivity contribution in [3.05, 3.63) is 21.4 Å². The van der Waals surface area contributed by atoms with Gasteiger partial charge in [-0.25, -0.2) is 0 Å². The summed E-state index contributed by atoms with van der Waals surface area (Å²) in [6.07, 6.45) is 6.76. The lowest BCUT2D eigenvalue weighted by Gasteiger charge is -2.33. The third-order valence-electron chi connectivity index (χ3n) is 4.76. The summed E-state index contributed by atoms with van der Waals surface area (Å²) in [6.45, 7) is 5.97. The summed E-state index contributed by atoms with van der Waals surface area (Å²) in [5.41, 5.74) is 1.63. The number of aryl methyl sites for hydroxylation is 2. The van der Waals surface area contributed by atoms with Crippen LogP contribution in [0.25, 0.3) is 0 Å². The maximum Gasteiger partial charge on any atom is 0.0302 e. The summed E-state index contributed by atoms with van der Waals surface area (Å²) < 4.78 is 0. The molecule has 19 heavy (non-hydrogen) atoms. The van der Waals surface area contributed by atoms with E-state index >= 15 is 0 Å². The summed E-state index contributed by atoms with van der Waals surface area (Å²) in [7, 11) is 2.25. The van der Waals surface area contributed by atoms with Crippen molar-refractivity contribution in [2.24, 2.45) is 5.92 Å².